The Kier molecular flexibility index (Phi) is 4.92. The zero-order chi connectivity index (χ0) is 13.5. The van der Waals surface area contributed by atoms with Crippen molar-refractivity contribution < 1.29 is 4.74 Å². The molecule has 0 aliphatic rings. The van der Waals surface area contributed by atoms with Crippen LogP contribution < -0.4 is 10.1 Å². The lowest BCUT2D eigenvalue weighted by molar-refractivity contribution is 0.242. The second-order valence-corrected chi connectivity index (χ2v) is 4.65. The van der Waals surface area contributed by atoms with Gasteiger partial charge in [0.2, 0.25) is 0 Å². The molecule has 0 bridgehead atoms. The molecular weight excluding hydrogens is 240 g/mol. The van der Waals surface area contributed by atoms with E-state index in [0.717, 1.165) is 25.4 Å². The van der Waals surface area contributed by atoms with Crippen molar-refractivity contribution in [3.8, 4) is 5.75 Å². The molecule has 19 heavy (non-hydrogen) atoms. The molecule has 5 nitrogen and oxygen atoms in total. The average Bonchev–Trinajstić information content (AvgIpc) is 2.89. The zero-order valence-electron chi connectivity index (χ0n) is 11.4. The molecule has 1 heterocycles. The van der Waals surface area contributed by atoms with Gasteiger partial charge in [-0.2, -0.15) is 0 Å². The largest absolute Gasteiger partial charge is 0.491 e. The van der Waals surface area contributed by atoms with Crippen LogP contribution in [0.2, 0.25) is 0 Å². The average molecular weight is 260 g/mol. The van der Waals surface area contributed by atoms with E-state index in [0.29, 0.717) is 0 Å². The molecule has 2 rings (SSSR count). The van der Waals surface area contributed by atoms with E-state index in [1.54, 1.807) is 6.20 Å². The van der Waals surface area contributed by atoms with Crippen molar-refractivity contribution in [2.75, 3.05) is 6.54 Å². The van der Waals surface area contributed by atoms with E-state index in [1.807, 2.05) is 36.9 Å². The number of aromatic nitrogens is 3. The molecule has 0 radical (unpaired) electrons. The smallest absolute Gasteiger partial charge is 0.119 e. The first-order valence-corrected chi connectivity index (χ1v) is 6.54. The lowest BCUT2D eigenvalue weighted by Gasteiger charge is -2.10. The van der Waals surface area contributed by atoms with Crippen molar-refractivity contribution in [1.29, 1.82) is 0 Å². The first-order chi connectivity index (χ1) is 9.24. The maximum absolute atomic E-state index is 5.60. The van der Waals surface area contributed by atoms with Gasteiger partial charge in [0.1, 0.15) is 5.75 Å². The van der Waals surface area contributed by atoms with Crippen molar-refractivity contribution in [3.05, 3.63) is 42.2 Å². The minimum absolute atomic E-state index is 0.214. The van der Waals surface area contributed by atoms with E-state index in [-0.39, 0.29) is 6.10 Å². The predicted molar refractivity (Wildman–Crippen MR) is 73.9 cm³/mol. The second kappa shape index (κ2) is 6.89. The number of rotatable bonds is 7. The fraction of sp³-hybridized carbons (Fsp3) is 0.429. The van der Waals surface area contributed by atoms with Gasteiger partial charge in [0.05, 0.1) is 18.8 Å². The van der Waals surface area contributed by atoms with E-state index in [2.05, 4.69) is 27.8 Å². The number of hydrogen-bond acceptors (Lipinski definition) is 4. The Bertz CT molecular complexity index is 465. The third-order valence-corrected chi connectivity index (χ3v) is 2.61. The molecule has 5 heteroatoms. The fourth-order valence-electron chi connectivity index (χ4n) is 1.74. The van der Waals surface area contributed by atoms with Crippen LogP contribution in [0, 0.1) is 0 Å². The van der Waals surface area contributed by atoms with Gasteiger partial charge < -0.3 is 10.1 Å². The van der Waals surface area contributed by atoms with Gasteiger partial charge in [-0.25, -0.2) is 0 Å². The Morgan fingerprint density at radius 2 is 2.05 bits per heavy atom. The van der Waals surface area contributed by atoms with Gasteiger partial charge in [-0.1, -0.05) is 17.3 Å². The monoisotopic (exact) mass is 260 g/mol. The van der Waals surface area contributed by atoms with Crippen LogP contribution in [0.5, 0.6) is 5.75 Å². The van der Waals surface area contributed by atoms with Gasteiger partial charge in [0, 0.05) is 19.3 Å². The summed E-state index contributed by atoms with van der Waals surface area (Å²) in [6, 6.07) is 8.18. The number of hydrogen-bond donors (Lipinski definition) is 1. The molecule has 1 aromatic heterocycles. The molecule has 0 saturated carbocycles. The highest BCUT2D eigenvalue weighted by Crippen LogP contribution is 2.13. The van der Waals surface area contributed by atoms with E-state index in [1.165, 1.54) is 5.56 Å². The molecule has 1 aromatic carbocycles. The third kappa shape index (κ3) is 4.71. The molecule has 0 aliphatic carbocycles. The Labute approximate surface area is 113 Å². The van der Waals surface area contributed by atoms with Crippen LogP contribution in [-0.4, -0.2) is 27.6 Å². The van der Waals surface area contributed by atoms with Crippen LogP contribution in [-0.2, 0) is 13.1 Å². The van der Waals surface area contributed by atoms with Crippen LogP contribution in [0.3, 0.4) is 0 Å². The summed E-state index contributed by atoms with van der Waals surface area (Å²) in [6.45, 7) is 6.60. The zero-order valence-corrected chi connectivity index (χ0v) is 11.4. The highest BCUT2D eigenvalue weighted by molar-refractivity contribution is 5.27. The Hall–Kier alpha value is -1.88. The van der Waals surface area contributed by atoms with Gasteiger partial charge >= 0.3 is 0 Å². The number of benzene rings is 1. The van der Waals surface area contributed by atoms with Crippen molar-refractivity contribution in [3.63, 3.8) is 0 Å². The topological polar surface area (TPSA) is 52.0 Å². The van der Waals surface area contributed by atoms with Crippen LogP contribution in [0.25, 0.3) is 0 Å². The van der Waals surface area contributed by atoms with Gasteiger partial charge in [-0.15, -0.1) is 5.10 Å². The quantitative estimate of drug-likeness (QED) is 0.772. The van der Waals surface area contributed by atoms with E-state index < -0.39 is 0 Å². The Morgan fingerprint density at radius 3 is 2.68 bits per heavy atom. The summed E-state index contributed by atoms with van der Waals surface area (Å²) >= 11 is 0. The van der Waals surface area contributed by atoms with Crippen LogP contribution in [0.1, 0.15) is 19.4 Å². The molecule has 102 valence electrons. The first-order valence-electron chi connectivity index (χ1n) is 6.54. The third-order valence-electron chi connectivity index (χ3n) is 2.61. The Balaban J connectivity index is 1.71. The maximum atomic E-state index is 5.60. The fourth-order valence-corrected chi connectivity index (χ4v) is 1.74. The standard InChI is InChI=1S/C14H20N4O/c1-12(2)19-14-5-3-13(4-6-14)11-15-7-9-18-10-8-16-17-18/h3-6,8,10,12,15H,7,9,11H2,1-2H3. The van der Waals surface area contributed by atoms with Gasteiger partial charge in [-0.3, -0.25) is 4.68 Å². The van der Waals surface area contributed by atoms with Crippen molar-refractivity contribution in [1.82, 2.24) is 20.3 Å². The normalized spacial score (nSPS) is 10.9. The molecular formula is C14H20N4O. The number of nitrogens with one attached hydrogen (secondary N) is 1. The summed E-state index contributed by atoms with van der Waals surface area (Å²) in [6.07, 6.45) is 3.76. The number of nitrogens with zero attached hydrogens (tertiary/aromatic N) is 3. The molecule has 0 spiro atoms. The van der Waals surface area contributed by atoms with E-state index >= 15 is 0 Å². The van der Waals surface area contributed by atoms with Gasteiger partial charge in [-0.05, 0) is 31.5 Å². The summed E-state index contributed by atoms with van der Waals surface area (Å²) in [5.41, 5.74) is 1.25. The second-order valence-electron chi connectivity index (χ2n) is 4.65. The lowest BCUT2D eigenvalue weighted by atomic mass is 10.2. The molecule has 0 saturated heterocycles. The summed E-state index contributed by atoms with van der Waals surface area (Å²) in [7, 11) is 0. The SMILES string of the molecule is CC(C)Oc1ccc(CNCCn2ccnn2)cc1. The van der Waals surface area contributed by atoms with Crippen molar-refractivity contribution in [2.45, 2.75) is 33.0 Å². The Morgan fingerprint density at radius 1 is 1.26 bits per heavy atom. The molecule has 0 aliphatic heterocycles. The van der Waals surface area contributed by atoms with Gasteiger partial charge in [0.25, 0.3) is 0 Å². The minimum atomic E-state index is 0.214. The lowest BCUT2D eigenvalue weighted by Crippen LogP contribution is -2.19. The highest BCUT2D eigenvalue weighted by atomic mass is 16.5. The van der Waals surface area contributed by atoms with E-state index in [4.69, 9.17) is 4.74 Å². The summed E-state index contributed by atoms with van der Waals surface area (Å²) < 4.78 is 7.42. The van der Waals surface area contributed by atoms with Gasteiger partial charge in [0.15, 0.2) is 0 Å². The summed E-state index contributed by atoms with van der Waals surface area (Å²) in [4.78, 5) is 0. The molecule has 0 amide bonds. The van der Waals surface area contributed by atoms with Crippen molar-refractivity contribution >= 4 is 0 Å². The highest BCUT2D eigenvalue weighted by Gasteiger charge is 1.98. The summed E-state index contributed by atoms with van der Waals surface area (Å²) in [5, 5.41) is 11.0. The first kappa shape index (κ1) is 13.5. The molecule has 0 fully saturated rings. The molecule has 1 N–H and O–H groups in total. The minimum Gasteiger partial charge on any atom is -0.491 e. The molecule has 0 atom stereocenters. The van der Waals surface area contributed by atoms with E-state index in [9.17, 15) is 0 Å². The molecule has 0 unspecified atom stereocenters. The summed E-state index contributed by atoms with van der Waals surface area (Å²) in [5.74, 6) is 0.918. The predicted octanol–water partition coefficient (Wildman–Crippen LogP) is 1.86. The van der Waals surface area contributed by atoms with Crippen LogP contribution >= 0.6 is 0 Å². The number of ether oxygens (including phenoxy) is 1. The van der Waals surface area contributed by atoms with Crippen LogP contribution in [0.15, 0.2) is 36.7 Å². The van der Waals surface area contributed by atoms with Crippen LogP contribution in [0.4, 0.5) is 0 Å². The molecule has 2 aromatic rings. The van der Waals surface area contributed by atoms with Crippen molar-refractivity contribution in [2.24, 2.45) is 0 Å². The maximum Gasteiger partial charge on any atom is 0.119 e.